The number of urea groups is 1. The van der Waals surface area contributed by atoms with Crippen LogP contribution in [0.1, 0.15) is 35.7 Å². The van der Waals surface area contributed by atoms with E-state index in [0.29, 0.717) is 11.5 Å². The van der Waals surface area contributed by atoms with Crippen LogP contribution in [0.15, 0.2) is 4.52 Å². The maximum Gasteiger partial charge on any atom is 0.344 e. The number of esters is 1. The summed E-state index contributed by atoms with van der Waals surface area (Å²) in [6, 6.07) is -1.01. The number of aromatic nitrogens is 1. The fourth-order valence-electron chi connectivity index (χ4n) is 1.63. The molecular weight excluding hydrogens is 266 g/mol. The van der Waals surface area contributed by atoms with Crippen molar-refractivity contribution in [2.24, 2.45) is 11.7 Å². The lowest BCUT2D eigenvalue weighted by atomic mass is 10.1. The first-order valence-electron chi connectivity index (χ1n) is 5.98. The second kappa shape index (κ2) is 6.18. The maximum atomic E-state index is 12.0. The summed E-state index contributed by atoms with van der Waals surface area (Å²) in [5, 5.41) is 5.52. The molecule has 1 atom stereocenters. The van der Waals surface area contributed by atoms with E-state index in [-0.39, 0.29) is 11.5 Å². The number of amides is 3. The van der Waals surface area contributed by atoms with E-state index in [0.717, 1.165) is 0 Å². The van der Waals surface area contributed by atoms with Gasteiger partial charge in [-0.1, -0.05) is 19.0 Å². The highest BCUT2D eigenvalue weighted by Gasteiger charge is 2.30. The molecule has 20 heavy (non-hydrogen) atoms. The molecule has 0 spiro atoms. The summed E-state index contributed by atoms with van der Waals surface area (Å²) in [5.41, 5.74) is 5.40. The molecule has 0 bridgehead atoms. The molecule has 1 rings (SSSR count). The summed E-state index contributed by atoms with van der Waals surface area (Å²) in [4.78, 5) is 34.5. The fourth-order valence-corrected chi connectivity index (χ4v) is 1.63. The van der Waals surface area contributed by atoms with Crippen molar-refractivity contribution in [2.75, 3.05) is 0 Å². The van der Waals surface area contributed by atoms with Crippen LogP contribution in [0.5, 0.6) is 0 Å². The van der Waals surface area contributed by atoms with E-state index < -0.39 is 24.0 Å². The molecule has 0 aromatic carbocycles. The first kappa shape index (κ1) is 15.7. The van der Waals surface area contributed by atoms with Crippen LogP contribution in [0.25, 0.3) is 0 Å². The number of carbonyl (C=O) groups excluding carboxylic acids is 3. The molecule has 8 heteroatoms. The number of nitrogens with two attached hydrogens (primary N) is 1. The van der Waals surface area contributed by atoms with Gasteiger partial charge in [0.2, 0.25) is 0 Å². The third kappa shape index (κ3) is 3.56. The number of imide groups is 1. The van der Waals surface area contributed by atoms with E-state index in [9.17, 15) is 14.4 Å². The smallest absolute Gasteiger partial charge is 0.344 e. The third-order valence-electron chi connectivity index (χ3n) is 2.58. The van der Waals surface area contributed by atoms with Crippen molar-refractivity contribution in [1.82, 2.24) is 10.5 Å². The van der Waals surface area contributed by atoms with Crippen LogP contribution in [0.2, 0.25) is 0 Å². The van der Waals surface area contributed by atoms with Gasteiger partial charge >= 0.3 is 12.0 Å². The van der Waals surface area contributed by atoms with Gasteiger partial charge in [0.25, 0.3) is 5.91 Å². The summed E-state index contributed by atoms with van der Waals surface area (Å²) in [7, 11) is 0. The van der Waals surface area contributed by atoms with Gasteiger partial charge in [0.05, 0.1) is 5.69 Å². The zero-order chi connectivity index (χ0) is 15.4. The van der Waals surface area contributed by atoms with Crippen LogP contribution >= 0.6 is 0 Å². The molecule has 0 radical (unpaired) electrons. The van der Waals surface area contributed by atoms with Crippen molar-refractivity contribution in [2.45, 2.75) is 33.8 Å². The Morgan fingerprint density at radius 2 is 1.90 bits per heavy atom. The van der Waals surface area contributed by atoms with Crippen molar-refractivity contribution in [3.05, 3.63) is 17.0 Å². The Labute approximate surface area is 115 Å². The van der Waals surface area contributed by atoms with Crippen LogP contribution in [0.3, 0.4) is 0 Å². The van der Waals surface area contributed by atoms with Crippen molar-refractivity contribution in [1.29, 1.82) is 0 Å². The van der Waals surface area contributed by atoms with E-state index in [1.807, 2.05) is 5.32 Å². The number of hydrogen-bond donors (Lipinski definition) is 2. The van der Waals surface area contributed by atoms with Crippen molar-refractivity contribution >= 4 is 17.9 Å². The quantitative estimate of drug-likeness (QED) is 0.782. The topological polar surface area (TPSA) is 125 Å². The van der Waals surface area contributed by atoms with Gasteiger partial charge < -0.3 is 15.0 Å². The highest BCUT2D eigenvalue weighted by Crippen LogP contribution is 2.16. The van der Waals surface area contributed by atoms with Gasteiger partial charge in [-0.25, -0.2) is 9.59 Å². The van der Waals surface area contributed by atoms with Gasteiger partial charge in [-0.15, -0.1) is 0 Å². The number of rotatable bonds is 4. The molecule has 0 saturated carbocycles. The number of carbonyl (C=O) groups is 3. The zero-order valence-electron chi connectivity index (χ0n) is 11.7. The molecule has 1 aromatic heterocycles. The van der Waals surface area contributed by atoms with Crippen LogP contribution in [0.4, 0.5) is 4.79 Å². The van der Waals surface area contributed by atoms with Gasteiger partial charge in [-0.2, -0.15) is 0 Å². The van der Waals surface area contributed by atoms with Gasteiger partial charge in [-0.05, 0) is 19.8 Å². The van der Waals surface area contributed by atoms with Crippen LogP contribution in [-0.4, -0.2) is 29.2 Å². The summed E-state index contributed by atoms with van der Waals surface area (Å²) in [6.07, 6.45) is -1.14. The first-order chi connectivity index (χ1) is 9.23. The number of hydrogen-bond acceptors (Lipinski definition) is 6. The van der Waals surface area contributed by atoms with Crippen molar-refractivity contribution in [3.8, 4) is 0 Å². The molecule has 3 N–H and O–H groups in total. The minimum Gasteiger partial charge on any atom is -0.448 e. The maximum absolute atomic E-state index is 12.0. The molecule has 0 saturated heterocycles. The lowest BCUT2D eigenvalue weighted by Crippen LogP contribution is -2.45. The average Bonchev–Trinajstić information content (AvgIpc) is 2.64. The largest absolute Gasteiger partial charge is 0.448 e. The fraction of sp³-hybridized carbons (Fsp3) is 0.500. The average molecular weight is 283 g/mol. The van der Waals surface area contributed by atoms with Crippen molar-refractivity contribution < 1.29 is 23.6 Å². The Kier molecular flexibility index (Phi) is 4.84. The Hall–Kier alpha value is -2.38. The Morgan fingerprint density at radius 1 is 1.30 bits per heavy atom. The Balaban J connectivity index is 2.89. The molecule has 0 aliphatic heterocycles. The van der Waals surface area contributed by atoms with Gasteiger partial charge in [0.1, 0.15) is 11.3 Å². The summed E-state index contributed by atoms with van der Waals surface area (Å²) in [6.45, 7) is 6.49. The number of aryl methyl sites for hydroxylation is 2. The molecule has 0 unspecified atom stereocenters. The molecular formula is C12H17N3O5. The van der Waals surface area contributed by atoms with Gasteiger partial charge in [0.15, 0.2) is 6.10 Å². The highest BCUT2D eigenvalue weighted by atomic mass is 16.6. The summed E-state index contributed by atoms with van der Waals surface area (Å²) in [5.74, 6) is -1.55. The number of primary amides is 1. The number of nitrogens with one attached hydrogen (secondary N) is 1. The molecule has 0 aliphatic carbocycles. The van der Waals surface area contributed by atoms with Crippen LogP contribution < -0.4 is 11.1 Å². The number of nitrogens with zero attached hydrogens (tertiary/aromatic N) is 1. The number of ether oxygens (including phenoxy) is 1. The molecule has 1 aromatic rings. The van der Waals surface area contributed by atoms with E-state index in [4.69, 9.17) is 15.0 Å². The SMILES string of the molecule is Cc1noc(C)c1C(=O)O[C@H](C(=O)NC(N)=O)C(C)C. The predicted molar refractivity (Wildman–Crippen MR) is 67.7 cm³/mol. The van der Waals surface area contributed by atoms with E-state index >= 15 is 0 Å². The molecule has 3 amide bonds. The minimum absolute atomic E-state index is 0.169. The molecule has 0 fully saturated rings. The van der Waals surface area contributed by atoms with E-state index in [1.54, 1.807) is 27.7 Å². The lowest BCUT2D eigenvalue weighted by molar-refractivity contribution is -0.130. The normalized spacial score (nSPS) is 12.1. The third-order valence-corrected chi connectivity index (χ3v) is 2.58. The van der Waals surface area contributed by atoms with E-state index in [2.05, 4.69) is 5.16 Å². The van der Waals surface area contributed by atoms with Crippen molar-refractivity contribution in [3.63, 3.8) is 0 Å². The zero-order valence-corrected chi connectivity index (χ0v) is 11.7. The monoisotopic (exact) mass is 283 g/mol. The Morgan fingerprint density at radius 3 is 2.30 bits per heavy atom. The first-order valence-corrected chi connectivity index (χ1v) is 5.98. The molecule has 0 aliphatic rings. The summed E-state index contributed by atoms with van der Waals surface area (Å²) < 4.78 is 9.98. The lowest BCUT2D eigenvalue weighted by Gasteiger charge is -2.19. The molecule has 110 valence electrons. The van der Waals surface area contributed by atoms with Gasteiger partial charge in [0, 0.05) is 0 Å². The summed E-state index contributed by atoms with van der Waals surface area (Å²) >= 11 is 0. The standard InChI is InChI=1S/C12H17N3O5/c1-5(2)9(10(16)14-12(13)18)19-11(17)8-6(3)15-20-7(8)4/h5,9H,1-4H3,(H3,13,14,16,18)/t9-/m0/s1. The van der Waals surface area contributed by atoms with Crippen LogP contribution in [-0.2, 0) is 9.53 Å². The Bertz CT molecular complexity index is 516. The molecule has 1 heterocycles. The van der Waals surface area contributed by atoms with Crippen LogP contribution in [0, 0.1) is 19.8 Å². The second-order valence-corrected chi connectivity index (χ2v) is 4.62. The van der Waals surface area contributed by atoms with Gasteiger partial charge in [-0.3, -0.25) is 10.1 Å². The highest BCUT2D eigenvalue weighted by molar-refractivity contribution is 5.98. The van der Waals surface area contributed by atoms with E-state index in [1.165, 1.54) is 0 Å². The predicted octanol–water partition coefficient (Wildman–Crippen LogP) is 0.668. The minimum atomic E-state index is -1.14. The molecule has 8 nitrogen and oxygen atoms in total. The second-order valence-electron chi connectivity index (χ2n) is 4.62.